The van der Waals surface area contributed by atoms with Crippen LogP contribution in [0.5, 0.6) is 0 Å². The minimum Gasteiger partial charge on any atom is -0.478 e. The molecule has 2 aliphatic heterocycles. The first-order valence-electron chi connectivity index (χ1n) is 22.1. The predicted molar refractivity (Wildman–Crippen MR) is 261 cm³/mol. The molecule has 0 unspecified atom stereocenters. The van der Waals surface area contributed by atoms with Crippen LogP contribution in [-0.4, -0.2) is 106 Å². The third-order valence-corrected chi connectivity index (χ3v) is 9.48. The van der Waals surface area contributed by atoms with Crippen LogP contribution < -0.4 is 20.4 Å². The monoisotopic (exact) mass is 894 g/mol. The molecule has 0 radical (unpaired) electrons. The Morgan fingerprint density at radius 3 is 1.47 bits per heavy atom. The summed E-state index contributed by atoms with van der Waals surface area (Å²) in [7, 11) is 0. The van der Waals surface area contributed by atoms with E-state index < -0.39 is 5.97 Å². The Hall–Kier alpha value is -7.56. The molecular formula is C50H58N10O6. The molecule has 16 heteroatoms. The van der Waals surface area contributed by atoms with Gasteiger partial charge in [0.2, 0.25) is 11.9 Å². The Morgan fingerprint density at radius 1 is 0.636 bits per heavy atom. The summed E-state index contributed by atoms with van der Waals surface area (Å²) in [4.78, 5) is 54.1. The number of ether oxygens (including phenoxy) is 3. The normalized spacial score (nSPS) is 13.3. The number of nitrogens with zero attached hydrogens (tertiary/aromatic N) is 8. The zero-order valence-corrected chi connectivity index (χ0v) is 38.1. The van der Waals surface area contributed by atoms with Crippen molar-refractivity contribution >= 4 is 59.0 Å². The molecular weight excluding hydrogens is 837 g/mol. The molecule has 2 fully saturated rings. The second-order valence-corrected chi connectivity index (χ2v) is 13.8. The maximum Gasteiger partial charge on any atom is 0.330 e. The largest absolute Gasteiger partial charge is 0.478 e. The topological polar surface area (TPSA) is 190 Å². The molecule has 0 aliphatic carbocycles. The summed E-state index contributed by atoms with van der Waals surface area (Å²) in [6.45, 7) is 15.6. The number of hydrogen-bond donors (Lipinski definition) is 3. The van der Waals surface area contributed by atoms with Crippen LogP contribution in [-0.2, 0) is 23.8 Å². The van der Waals surface area contributed by atoms with Crippen LogP contribution >= 0.6 is 0 Å². The van der Waals surface area contributed by atoms with E-state index >= 15 is 0 Å². The summed E-state index contributed by atoms with van der Waals surface area (Å²) < 4.78 is 16.0. The molecule has 16 nitrogen and oxygen atoms in total. The number of carboxylic acid groups (broad SMARTS) is 1. The fraction of sp³-hybridized carbons (Fsp3) is 0.280. The molecule has 3 N–H and O–H groups in total. The summed E-state index contributed by atoms with van der Waals surface area (Å²) in [5.74, 6) is 1.23. The maximum absolute atomic E-state index is 11.6. The molecule has 66 heavy (non-hydrogen) atoms. The molecule has 0 spiro atoms. The van der Waals surface area contributed by atoms with E-state index in [0.29, 0.717) is 50.5 Å². The number of carbonyl (C=O) groups is 2. The molecule has 6 heterocycles. The van der Waals surface area contributed by atoms with Crippen LogP contribution in [0.15, 0.2) is 122 Å². The first-order valence-corrected chi connectivity index (χ1v) is 22.1. The number of para-hydroxylation sites is 2. The molecule has 344 valence electrons. The Kier molecular flexibility index (Phi) is 20.2. The predicted octanol–water partition coefficient (Wildman–Crippen LogP) is 8.96. The van der Waals surface area contributed by atoms with Crippen molar-refractivity contribution in [3.63, 3.8) is 0 Å². The highest BCUT2D eigenvalue weighted by molar-refractivity contribution is 5.88. The van der Waals surface area contributed by atoms with Gasteiger partial charge in [0.1, 0.15) is 11.6 Å². The molecule has 0 amide bonds. The summed E-state index contributed by atoms with van der Waals surface area (Å²) >= 11 is 0. The third kappa shape index (κ3) is 15.0. The van der Waals surface area contributed by atoms with Crippen molar-refractivity contribution in [1.82, 2.24) is 29.9 Å². The van der Waals surface area contributed by atoms with Gasteiger partial charge in [0, 0.05) is 109 Å². The van der Waals surface area contributed by atoms with Crippen molar-refractivity contribution in [3.8, 4) is 22.3 Å². The number of pyridine rings is 2. The summed E-state index contributed by atoms with van der Waals surface area (Å²) in [6.07, 6.45) is 16.1. The fourth-order valence-corrected chi connectivity index (χ4v) is 6.52. The average molecular weight is 895 g/mol. The van der Waals surface area contributed by atoms with Gasteiger partial charge in [-0.05, 0) is 66.6 Å². The lowest BCUT2D eigenvalue weighted by Crippen LogP contribution is -2.37. The number of carboxylic acids is 1. The van der Waals surface area contributed by atoms with Crippen LogP contribution in [0.4, 0.5) is 34.9 Å². The van der Waals surface area contributed by atoms with Crippen molar-refractivity contribution in [2.24, 2.45) is 0 Å². The van der Waals surface area contributed by atoms with Gasteiger partial charge in [0.05, 0.1) is 33.0 Å². The first-order chi connectivity index (χ1) is 32.4. The van der Waals surface area contributed by atoms with Gasteiger partial charge in [0.25, 0.3) is 0 Å². The van der Waals surface area contributed by atoms with Crippen LogP contribution in [0.2, 0.25) is 0 Å². The third-order valence-electron chi connectivity index (χ3n) is 9.48. The molecule has 0 bridgehead atoms. The highest BCUT2D eigenvalue weighted by Crippen LogP contribution is 2.33. The van der Waals surface area contributed by atoms with Crippen LogP contribution in [0.1, 0.15) is 45.7 Å². The van der Waals surface area contributed by atoms with Crippen molar-refractivity contribution in [2.45, 2.75) is 34.6 Å². The number of rotatable bonds is 13. The number of aliphatic carboxylic acids is 1. The Morgan fingerprint density at radius 2 is 1.06 bits per heavy atom. The number of hydrogen-bond acceptors (Lipinski definition) is 15. The lowest BCUT2D eigenvalue weighted by atomic mass is 10.1. The van der Waals surface area contributed by atoms with E-state index in [4.69, 9.17) is 29.3 Å². The lowest BCUT2D eigenvalue weighted by molar-refractivity contribution is -0.137. The minimum atomic E-state index is -1.01. The quantitative estimate of drug-likeness (QED) is 0.0735. The van der Waals surface area contributed by atoms with Crippen LogP contribution in [0.3, 0.4) is 0 Å². The Bertz CT molecular complexity index is 2480. The van der Waals surface area contributed by atoms with Gasteiger partial charge in [-0.3, -0.25) is 9.97 Å². The van der Waals surface area contributed by atoms with Gasteiger partial charge in [-0.1, -0.05) is 64.1 Å². The van der Waals surface area contributed by atoms with E-state index in [1.165, 1.54) is 12.2 Å². The molecule has 0 atom stereocenters. The molecule has 2 saturated heterocycles. The molecule has 6 aromatic rings. The highest BCUT2D eigenvalue weighted by atomic mass is 16.5. The molecule has 2 aromatic carbocycles. The second kappa shape index (κ2) is 26.9. The Labute approximate surface area is 386 Å². The zero-order chi connectivity index (χ0) is 46.9. The molecule has 2 aliphatic rings. The maximum atomic E-state index is 11.6. The number of nitrogens with one attached hydrogen (secondary N) is 2. The van der Waals surface area contributed by atoms with E-state index in [1.54, 1.807) is 50.2 Å². The van der Waals surface area contributed by atoms with Crippen molar-refractivity contribution in [1.29, 1.82) is 0 Å². The summed E-state index contributed by atoms with van der Waals surface area (Å²) in [6, 6.07) is 23.4. The number of anilines is 6. The van der Waals surface area contributed by atoms with E-state index in [0.717, 1.165) is 83.1 Å². The van der Waals surface area contributed by atoms with Gasteiger partial charge in [0.15, 0.2) is 0 Å². The minimum absolute atomic E-state index is 0.338. The molecule has 4 aromatic heterocycles. The highest BCUT2D eigenvalue weighted by Gasteiger charge is 2.21. The van der Waals surface area contributed by atoms with Gasteiger partial charge >= 0.3 is 11.9 Å². The molecule has 0 saturated carbocycles. The van der Waals surface area contributed by atoms with Crippen molar-refractivity contribution in [3.05, 3.63) is 133 Å². The standard InChI is InChI=1S/C24H25N5O3.C22H21N5O3.2C2H6/c1-2-32-22(30)9-8-18-14-19(16-25-15-18)21-17-26-24(27-20-6-4-3-5-7-20)28-23(21)29-10-12-31-13-11-29;28-20(29)7-6-16-12-17(14-23-13-16)19-15-24-22(25-18-4-2-1-3-5-18)26-21(19)27-8-10-30-11-9-27;2*1-2/h3-9,14-17H,2,10-13H2,1H3,(H,26,27,28);1-7,12-15H,8-11H2,(H,28,29)(H,24,25,26);2*1-2H3/b9-8+;7-6+;;. The number of benzene rings is 2. The zero-order valence-electron chi connectivity index (χ0n) is 38.1. The number of aromatic nitrogens is 6. The first kappa shape index (κ1) is 49.5. The van der Waals surface area contributed by atoms with E-state index in [-0.39, 0.29) is 5.97 Å². The van der Waals surface area contributed by atoms with Crippen molar-refractivity contribution in [2.75, 3.05) is 79.6 Å². The van der Waals surface area contributed by atoms with E-state index in [2.05, 4.69) is 40.4 Å². The van der Waals surface area contributed by atoms with Crippen LogP contribution in [0, 0.1) is 0 Å². The van der Waals surface area contributed by atoms with E-state index in [9.17, 15) is 9.59 Å². The smallest absolute Gasteiger partial charge is 0.330 e. The van der Waals surface area contributed by atoms with Gasteiger partial charge in [-0.15, -0.1) is 0 Å². The summed E-state index contributed by atoms with van der Waals surface area (Å²) in [5, 5.41) is 15.4. The Balaban J connectivity index is 0.000000231. The summed E-state index contributed by atoms with van der Waals surface area (Å²) in [5.41, 5.74) is 6.67. The lowest BCUT2D eigenvalue weighted by Gasteiger charge is -2.29. The van der Waals surface area contributed by atoms with Gasteiger partial charge in [-0.25, -0.2) is 19.6 Å². The van der Waals surface area contributed by atoms with Crippen molar-refractivity contribution < 1.29 is 28.9 Å². The van der Waals surface area contributed by atoms with Gasteiger partial charge < -0.3 is 39.8 Å². The van der Waals surface area contributed by atoms with Gasteiger partial charge in [-0.2, -0.15) is 9.97 Å². The molecule has 8 rings (SSSR count). The van der Waals surface area contributed by atoms with Crippen LogP contribution in [0.25, 0.3) is 34.4 Å². The van der Waals surface area contributed by atoms with E-state index in [1.807, 2.05) is 100 Å². The fourth-order valence-electron chi connectivity index (χ4n) is 6.52. The average Bonchev–Trinajstić information content (AvgIpc) is 3.38. The number of carbonyl (C=O) groups excluding carboxylic acids is 1. The SMILES string of the molecule is CC.CC.CCOC(=O)/C=C/c1cncc(-c2cnc(Nc3ccccc3)nc2N2CCOCC2)c1.O=C(O)/C=C/c1cncc(-c2cnc(Nc3ccccc3)nc2N2CCOCC2)c1. The number of morpholine rings is 2. The number of esters is 1. The second-order valence-electron chi connectivity index (χ2n) is 13.8.